The number of nitrogens with two attached hydrogens (primary N) is 1. The number of nitrogens with zero attached hydrogens (tertiary/aromatic N) is 1. The predicted molar refractivity (Wildman–Crippen MR) is 73.0 cm³/mol. The van der Waals surface area contributed by atoms with Gasteiger partial charge < -0.3 is 11.1 Å². The lowest BCUT2D eigenvalue weighted by molar-refractivity contribution is 0.633. The Morgan fingerprint density at radius 3 is 2.59 bits per heavy atom. The summed E-state index contributed by atoms with van der Waals surface area (Å²) in [4.78, 5) is 4.42. The van der Waals surface area contributed by atoms with E-state index in [1.54, 1.807) is 0 Å². The molecule has 0 aliphatic carbocycles. The van der Waals surface area contributed by atoms with Crippen LogP contribution in [0.5, 0.6) is 0 Å². The normalized spacial score (nSPS) is 11.8. The molecule has 0 fully saturated rings. The Bertz CT molecular complexity index is 526. The van der Waals surface area contributed by atoms with Gasteiger partial charge in [-0.05, 0) is 26.8 Å². The standard InChI is InChI=1S/C14H19N3/c1-14(2,3)17-13-10(8-15)9-16-12-7-5-4-6-11(12)13/h4-7,9H,8,15H2,1-3H3,(H,16,17). The van der Waals surface area contributed by atoms with E-state index in [1.165, 1.54) is 0 Å². The molecule has 90 valence electrons. The minimum Gasteiger partial charge on any atom is -0.380 e. The zero-order chi connectivity index (χ0) is 12.5. The zero-order valence-corrected chi connectivity index (χ0v) is 10.6. The lowest BCUT2D eigenvalue weighted by Gasteiger charge is -2.25. The Hall–Kier alpha value is -1.61. The van der Waals surface area contributed by atoms with Crippen LogP contribution in [-0.4, -0.2) is 10.5 Å². The van der Waals surface area contributed by atoms with Crippen molar-refractivity contribution in [3.8, 4) is 0 Å². The monoisotopic (exact) mass is 229 g/mol. The third-order valence-electron chi connectivity index (χ3n) is 2.57. The average molecular weight is 229 g/mol. The van der Waals surface area contributed by atoms with Crippen LogP contribution in [0.1, 0.15) is 26.3 Å². The van der Waals surface area contributed by atoms with Crippen molar-refractivity contribution in [3.05, 3.63) is 36.0 Å². The molecule has 0 spiro atoms. The summed E-state index contributed by atoms with van der Waals surface area (Å²) in [6.07, 6.45) is 1.86. The number of anilines is 1. The Morgan fingerprint density at radius 2 is 1.94 bits per heavy atom. The average Bonchev–Trinajstić information content (AvgIpc) is 2.28. The maximum atomic E-state index is 5.78. The van der Waals surface area contributed by atoms with Gasteiger partial charge in [0.1, 0.15) is 0 Å². The van der Waals surface area contributed by atoms with Gasteiger partial charge in [0.05, 0.1) is 11.2 Å². The highest BCUT2D eigenvalue weighted by Crippen LogP contribution is 2.28. The first kappa shape index (κ1) is 11.9. The van der Waals surface area contributed by atoms with Crippen LogP contribution in [0.15, 0.2) is 30.5 Å². The number of hydrogen-bond acceptors (Lipinski definition) is 3. The molecular formula is C14H19N3. The van der Waals surface area contributed by atoms with Crippen LogP contribution in [0.2, 0.25) is 0 Å². The van der Waals surface area contributed by atoms with Gasteiger partial charge in [-0.15, -0.1) is 0 Å². The van der Waals surface area contributed by atoms with Gasteiger partial charge in [-0.1, -0.05) is 18.2 Å². The molecule has 0 aliphatic heterocycles. The molecule has 0 atom stereocenters. The molecule has 1 aromatic carbocycles. The van der Waals surface area contributed by atoms with Crippen molar-refractivity contribution in [2.24, 2.45) is 5.73 Å². The van der Waals surface area contributed by atoms with Crippen molar-refractivity contribution in [2.45, 2.75) is 32.9 Å². The van der Waals surface area contributed by atoms with Crippen LogP contribution in [0.25, 0.3) is 10.9 Å². The first-order valence-electron chi connectivity index (χ1n) is 5.86. The van der Waals surface area contributed by atoms with Gasteiger partial charge in [0.25, 0.3) is 0 Å². The first-order valence-corrected chi connectivity index (χ1v) is 5.86. The summed E-state index contributed by atoms with van der Waals surface area (Å²) >= 11 is 0. The molecule has 0 saturated heterocycles. The molecule has 3 heteroatoms. The second kappa shape index (κ2) is 4.34. The van der Waals surface area contributed by atoms with Crippen LogP contribution >= 0.6 is 0 Å². The lowest BCUT2D eigenvalue weighted by atomic mass is 10.0. The fraction of sp³-hybridized carbons (Fsp3) is 0.357. The summed E-state index contributed by atoms with van der Waals surface area (Å²) in [6, 6.07) is 8.12. The smallest absolute Gasteiger partial charge is 0.0722 e. The molecule has 3 nitrogen and oxygen atoms in total. The van der Waals surface area contributed by atoms with E-state index >= 15 is 0 Å². The predicted octanol–water partition coefficient (Wildman–Crippen LogP) is 2.90. The number of rotatable bonds is 2. The van der Waals surface area contributed by atoms with Crippen molar-refractivity contribution in [1.82, 2.24) is 4.98 Å². The molecule has 17 heavy (non-hydrogen) atoms. The molecule has 2 rings (SSSR count). The van der Waals surface area contributed by atoms with Crippen LogP contribution in [-0.2, 0) is 6.54 Å². The fourth-order valence-electron chi connectivity index (χ4n) is 1.86. The van der Waals surface area contributed by atoms with Gasteiger partial charge in [0, 0.05) is 29.2 Å². The van der Waals surface area contributed by atoms with Crippen molar-refractivity contribution in [2.75, 3.05) is 5.32 Å². The van der Waals surface area contributed by atoms with Gasteiger partial charge in [0.15, 0.2) is 0 Å². The van der Waals surface area contributed by atoms with E-state index in [-0.39, 0.29) is 5.54 Å². The Morgan fingerprint density at radius 1 is 1.24 bits per heavy atom. The fourth-order valence-corrected chi connectivity index (χ4v) is 1.86. The third kappa shape index (κ3) is 2.56. The van der Waals surface area contributed by atoms with Crippen molar-refractivity contribution < 1.29 is 0 Å². The van der Waals surface area contributed by atoms with Gasteiger partial charge in [-0.25, -0.2) is 0 Å². The van der Waals surface area contributed by atoms with E-state index in [2.05, 4.69) is 37.1 Å². The molecule has 0 amide bonds. The van der Waals surface area contributed by atoms with E-state index in [4.69, 9.17) is 5.73 Å². The number of benzene rings is 1. The Kier molecular flexibility index (Phi) is 3.03. The minimum absolute atomic E-state index is 0.00798. The SMILES string of the molecule is CC(C)(C)Nc1c(CN)cnc2ccccc12. The number of nitrogens with one attached hydrogen (secondary N) is 1. The van der Waals surface area contributed by atoms with Crippen LogP contribution in [0.4, 0.5) is 5.69 Å². The van der Waals surface area contributed by atoms with E-state index in [0.29, 0.717) is 6.54 Å². The lowest BCUT2D eigenvalue weighted by Crippen LogP contribution is -2.27. The molecule has 0 unspecified atom stereocenters. The van der Waals surface area contributed by atoms with E-state index in [9.17, 15) is 0 Å². The Balaban J connectivity index is 2.63. The number of aromatic nitrogens is 1. The second-order valence-corrected chi connectivity index (χ2v) is 5.25. The number of para-hydroxylation sites is 1. The van der Waals surface area contributed by atoms with Gasteiger partial charge >= 0.3 is 0 Å². The van der Waals surface area contributed by atoms with E-state index < -0.39 is 0 Å². The molecule has 0 saturated carbocycles. The van der Waals surface area contributed by atoms with Gasteiger partial charge in [0.2, 0.25) is 0 Å². The summed E-state index contributed by atoms with van der Waals surface area (Å²) < 4.78 is 0. The number of fused-ring (bicyclic) bond motifs is 1. The quantitative estimate of drug-likeness (QED) is 0.832. The molecule has 3 N–H and O–H groups in total. The van der Waals surface area contributed by atoms with Crippen LogP contribution < -0.4 is 11.1 Å². The van der Waals surface area contributed by atoms with Crippen molar-refractivity contribution in [1.29, 1.82) is 0 Å². The molecule has 1 heterocycles. The molecule has 1 aromatic heterocycles. The highest BCUT2D eigenvalue weighted by Gasteiger charge is 2.14. The summed E-state index contributed by atoms with van der Waals surface area (Å²) in [5.74, 6) is 0. The number of pyridine rings is 1. The highest BCUT2D eigenvalue weighted by molar-refractivity contribution is 5.92. The van der Waals surface area contributed by atoms with Crippen molar-refractivity contribution in [3.63, 3.8) is 0 Å². The summed E-state index contributed by atoms with van der Waals surface area (Å²) in [6.45, 7) is 6.92. The van der Waals surface area contributed by atoms with Gasteiger partial charge in [-0.3, -0.25) is 4.98 Å². The highest BCUT2D eigenvalue weighted by atomic mass is 15.0. The van der Waals surface area contributed by atoms with Crippen molar-refractivity contribution >= 4 is 16.6 Å². The summed E-state index contributed by atoms with van der Waals surface area (Å²) in [7, 11) is 0. The number of hydrogen-bond donors (Lipinski definition) is 2. The molecule has 0 bridgehead atoms. The zero-order valence-electron chi connectivity index (χ0n) is 10.6. The third-order valence-corrected chi connectivity index (χ3v) is 2.57. The van der Waals surface area contributed by atoms with Crippen LogP contribution in [0.3, 0.4) is 0 Å². The Labute approximate surface area is 102 Å². The maximum absolute atomic E-state index is 5.78. The maximum Gasteiger partial charge on any atom is 0.0722 e. The largest absolute Gasteiger partial charge is 0.380 e. The molecule has 0 aliphatic rings. The first-order chi connectivity index (χ1) is 8.01. The van der Waals surface area contributed by atoms with E-state index in [0.717, 1.165) is 22.2 Å². The molecule has 0 radical (unpaired) electrons. The summed E-state index contributed by atoms with van der Waals surface area (Å²) in [5.41, 5.74) is 8.94. The van der Waals surface area contributed by atoms with Crippen LogP contribution in [0, 0.1) is 0 Å². The van der Waals surface area contributed by atoms with Gasteiger partial charge in [-0.2, -0.15) is 0 Å². The topological polar surface area (TPSA) is 50.9 Å². The molecule has 2 aromatic rings. The molecular weight excluding hydrogens is 210 g/mol. The summed E-state index contributed by atoms with van der Waals surface area (Å²) in [5, 5.41) is 4.65. The van der Waals surface area contributed by atoms with E-state index in [1.807, 2.05) is 24.4 Å². The second-order valence-electron chi connectivity index (χ2n) is 5.25. The minimum atomic E-state index is 0.00798.